The Morgan fingerprint density at radius 1 is 1.23 bits per heavy atom. The van der Waals surface area contributed by atoms with Crippen molar-refractivity contribution >= 4 is 22.7 Å². The van der Waals surface area contributed by atoms with Crippen molar-refractivity contribution in [2.24, 2.45) is 0 Å². The number of hydrogen-bond acceptors (Lipinski definition) is 4. The number of fused-ring (bicyclic) bond motifs is 1. The van der Waals surface area contributed by atoms with Crippen molar-refractivity contribution in [3.63, 3.8) is 0 Å². The third-order valence-electron chi connectivity index (χ3n) is 4.08. The number of carbonyl (C=O) groups excluding carboxylic acids is 1. The minimum atomic E-state index is -0.451. The molecule has 2 aromatic carbocycles. The molecule has 0 aliphatic carbocycles. The lowest BCUT2D eigenvalue weighted by atomic mass is 10.2. The van der Waals surface area contributed by atoms with Gasteiger partial charge in [0.2, 0.25) is 5.91 Å². The molecule has 0 bridgehead atoms. The van der Waals surface area contributed by atoms with E-state index in [0.29, 0.717) is 17.7 Å². The van der Waals surface area contributed by atoms with Gasteiger partial charge in [-0.15, -0.1) is 0 Å². The highest BCUT2D eigenvalue weighted by Crippen LogP contribution is 2.22. The fraction of sp³-hybridized carbons (Fsp3) is 0.300. The van der Waals surface area contributed by atoms with Crippen molar-refractivity contribution in [1.82, 2.24) is 4.57 Å². The molecule has 0 unspecified atom stereocenters. The molecule has 6 heteroatoms. The van der Waals surface area contributed by atoms with Crippen LogP contribution in [0.3, 0.4) is 0 Å². The highest BCUT2D eigenvalue weighted by atomic mass is 16.5. The van der Waals surface area contributed by atoms with E-state index in [1.807, 2.05) is 31.2 Å². The molecule has 6 nitrogen and oxygen atoms in total. The van der Waals surface area contributed by atoms with Gasteiger partial charge in [0.05, 0.1) is 12.1 Å². The van der Waals surface area contributed by atoms with Crippen LogP contribution in [0.25, 0.3) is 11.1 Å². The van der Waals surface area contributed by atoms with Crippen LogP contribution in [0.15, 0.2) is 51.7 Å². The summed E-state index contributed by atoms with van der Waals surface area (Å²) in [5.41, 5.74) is 2.89. The molecule has 0 atom stereocenters. The number of nitrogens with zero attached hydrogens (tertiary/aromatic N) is 1. The quantitative estimate of drug-likeness (QED) is 0.702. The van der Waals surface area contributed by atoms with E-state index in [-0.39, 0.29) is 18.9 Å². The molecule has 3 rings (SSSR count). The summed E-state index contributed by atoms with van der Waals surface area (Å²) >= 11 is 0. The fourth-order valence-corrected chi connectivity index (χ4v) is 2.74. The molecule has 0 saturated heterocycles. The fourth-order valence-electron chi connectivity index (χ4n) is 2.74. The van der Waals surface area contributed by atoms with Gasteiger partial charge in [0.25, 0.3) is 0 Å². The van der Waals surface area contributed by atoms with Gasteiger partial charge >= 0.3 is 5.76 Å². The first-order valence-electron chi connectivity index (χ1n) is 8.70. The second kappa shape index (κ2) is 7.91. The molecule has 1 amide bonds. The van der Waals surface area contributed by atoms with Crippen LogP contribution in [0.4, 0.5) is 5.69 Å². The smallest absolute Gasteiger partial charge is 0.419 e. The van der Waals surface area contributed by atoms with Crippen molar-refractivity contribution in [3.8, 4) is 5.75 Å². The van der Waals surface area contributed by atoms with E-state index in [4.69, 9.17) is 9.15 Å². The summed E-state index contributed by atoms with van der Waals surface area (Å²) in [6.07, 6.45) is 1.12. The van der Waals surface area contributed by atoms with Crippen molar-refractivity contribution in [2.45, 2.75) is 33.2 Å². The third kappa shape index (κ3) is 3.96. The summed E-state index contributed by atoms with van der Waals surface area (Å²) in [5.74, 6) is 0.180. The van der Waals surface area contributed by atoms with E-state index >= 15 is 0 Å². The number of anilines is 1. The molecule has 136 valence electrons. The molecule has 0 fully saturated rings. The Morgan fingerprint density at radius 2 is 2.04 bits per heavy atom. The zero-order valence-electron chi connectivity index (χ0n) is 15.0. The summed E-state index contributed by atoms with van der Waals surface area (Å²) in [7, 11) is 0. The molecule has 0 radical (unpaired) electrons. The molecule has 3 aromatic rings. The summed E-state index contributed by atoms with van der Waals surface area (Å²) in [6, 6.07) is 12.7. The number of hydrogen-bond donors (Lipinski definition) is 1. The Morgan fingerprint density at radius 3 is 2.81 bits per heavy atom. The number of ether oxygens (including phenoxy) is 1. The van der Waals surface area contributed by atoms with E-state index in [1.165, 1.54) is 4.57 Å². The van der Waals surface area contributed by atoms with Crippen LogP contribution in [-0.2, 0) is 11.3 Å². The van der Waals surface area contributed by atoms with Crippen molar-refractivity contribution in [2.75, 3.05) is 11.9 Å². The average molecular weight is 354 g/mol. The summed E-state index contributed by atoms with van der Waals surface area (Å²) in [4.78, 5) is 24.2. The topological polar surface area (TPSA) is 73.5 Å². The van der Waals surface area contributed by atoms with Crippen molar-refractivity contribution < 1.29 is 13.9 Å². The van der Waals surface area contributed by atoms with Gasteiger partial charge < -0.3 is 14.5 Å². The number of nitrogens with one attached hydrogen (secondary N) is 1. The van der Waals surface area contributed by atoms with E-state index in [1.54, 1.807) is 18.2 Å². The number of rotatable bonds is 7. The van der Waals surface area contributed by atoms with Crippen LogP contribution in [0.5, 0.6) is 5.75 Å². The first kappa shape index (κ1) is 17.8. The summed E-state index contributed by atoms with van der Waals surface area (Å²) in [6.45, 7) is 4.90. The maximum Gasteiger partial charge on any atom is 0.419 e. The number of oxazole rings is 1. The van der Waals surface area contributed by atoms with Crippen LogP contribution in [-0.4, -0.2) is 17.1 Å². The Bertz CT molecular complexity index is 971. The lowest BCUT2D eigenvalue weighted by Gasteiger charge is -2.11. The van der Waals surface area contributed by atoms with Crippen LogP contribution < -0.4 is 15.8 Å². The zero-order valence-corrected chi connectivity index (χ0v) is 15.0. The molecule has 0 aliphatic rings. The standard InChI is InChI=1S/C20H22N2O4/c1-3-12-25-15-8-9-16(14(2)13-15)21-19(23)10-11-22-17-6-4-5-7-18(17)26-20(22)24/h4-9,13H,3,10-12H2,1-2H3,(H,21,23). The Hall–Kier alpha value is -3.02. The molecule has 1 aromatic heterocycles. The summed E-state index contributed by atoms with van der Waals surface area (Å²) < 4.78 is 12.2. The number of para-hydroxylation sites is 2. The van der Waals surface area contributed by atoms with Gasteiger partial charge in [-0.3, -0.25) is 9.36 Å². The van der Waals surface area contributed by atoms with E-state index in [9.17, 15) is 9.59 Å². The largest absolute Gasteiger partial charge is 0.494 e. The monoisotopic (exact) mass is 354 g/mol. The predicted octanol–water partition coefficient (Wildman–Crippen LogP) is 3.72. The third-order valence-corrected chi connectivity index (χ3v) is 4.08. The van der Waals surface area contributed by atoms with Gasteiger partial charge in [-0.2, -0.15) is 0 Å². The van der Waals surface area contributed by atoms with Gasteiger partial charge in [0.1, 0.15) is 5.75 Å². The number of aromatic nitrogens is 1. The molecule has 1 heterocycles. The van der Waals surface area contributed by atoms with E-state index < -0.39 is 5.76 Å². The number of carbonyl (C=O) groups is 1. The van der Waals surface area contributed by atoms with Gasteiger partial charge in [-0.1, -0.05) is 19.1 Å². The van der Waals surface area contributed by atoms with Crippen LogP contribution >= 0.6 is 0 Å². The average Bonchev–Trinajstić information content (AvgIpc) is 2.95. The number of benzene rings is 2. The lowest BCUT2D eigenvalue weighted by molar-refractivity contribution is -0.116. The molecule has 0 aliphatic heterocycles. The van der Waals surface area contributed by atoms with Crippen LogP contribution in [0.2, 0.25) is 0 Å². The first-order chi connectivity index (χ1) is 12.6. The maximum atomic E-state index is 12.3. The van der Waals surface area contributed by atoms with Gasteiger partial charge in [0, 0.05) is 18.7 Å². The molecule has 1 N–H and O–H groups in total. The number of aryl methyl sites for hydroxylation is 2. The highest BCUT2D eigenvalue weighted by molar-refractivity contribution is 5.91. The summed E-state index contributed by atoms with van der Waals surface area (Å²) in [5, 5.41) is 2.88. The second-order valence-corrected chi connectivity index (χ2v) is 6.11. The minimum absolute atomic E-state index is 0.160. The number of amides is 1. The van der Waals surface area contributed by atoms with Crippen LogP contribution in [0.1, 0.15) is 25.3 Å². The molecule has 0 saturated carbocycles. The second-order valence-electron chi connectivity index (χ2n) is 6.11. The molecule has 26 heavy (non-hydrogen) atoms. The molecule has 0 spiro atoms. The van der Waals surface area contributed by atoms with E-state index in [2.05, 4.69) is 12.2 Å². The Kier molecular flexibility index (Phi) is 5.41. The lowest BCUT2D eigenvalue weighted by Crippen LogP contribution is -2.20. The Balaban J connectivity index is 1.64. The van der Waals surface area contributed by atoms with Crippen molar-refractivity contribution in [1.29, 1.82) is 0 Å². The van der Waals surface area contributed by atoms with Gasteiger partial charge in [0.15, 0.2) is 5.58 Å². The minimum Gasteiger partial charge on any atom is -0.494 e. The van der Waals surface area contributed by atoms with E-state index in [0.717, 1.165) is 23.4 Å². The zero-order chi connectivity index (χ0) is 18.5. The first-order valence-corrected chi connectivity index (χ1v) is 8.70. The predicted molar refractivity (Wildman–Crippen MR) is 101 cm³/mol. The van der Waals surface area contributed by atoms with Gasteiger partial charge in [-0.25, -0.2) is 4.79 Å². The maximum absolute atomic E-state index is 12.3. The normalized spacial score (nSPS) is 10.8. The van der Waals surface area contributed by atoms with Gasteiger partial charge in [-0.05, 0) is 49.2 Å². The van der Waals surface area contributed by atoms with Crippen LogP contribution in [0, 0.1) is 6.92 Å². The van der Waals surface area contributed by atoms with Crippen molar-refractivity contribution in [3.05, 3.63) is 58.6 Å². The SMILES string of the molecule is CCCOc1ccc(NC(=O)CCn2c(=O)oc3ccccc32)c(C)c1. The Labute approximate surface area is 151 Å². The molecular weight excluding hydrogens is 332 g/mol. The molecular formula is C20H22N2O4. The highest BCUT2D eigenvalue weighted by Gasteiger charge is 2.11.